The molecule has 35 heavy (non-hydrogen) atoms. The highest BCUT2D eigenvalue weighted by molar-refractivity contribution is 5.87. The third-order valence-corrected chi connectivity index (χ3v) is 5.42. The summed E-state index contributed by atoms with van der Waals surface area (Å²) in [6.45, 7) is 11.9. The fraction of sp³-hybridized carbons (Fsp3) is 0.367. The molecule has 1 saturated heterocycles. The first-order chi connectivity index (χ1) is 16.7. The molecule has 0 spiro atoms. The molecule has 0 bridgehead atoms. The summed E-state index contributed by atoms with van der Waals surface area (Å²) in [5.74, 6) is 0.246. The predicted octanol–water partition coefficient (Wildman–Crippen LogP) is 7.46. The second kappa shape index (κ2) is 14.2. The Bertz CT molecular complexity index is 984. The second-order valence-corrected chi connectivity index (χ2v) is 9.06. The number of carbonyl (C=O) groups is 1. The van der Waals surface area contributed by atoms with E-state index in [1.165, 1.54) is 0 Å². The Morgan fingerprint density at radius 2 is 1.63 bits per heavy atom. The van der Waals surface area contributed by atoms with Gasteiger partial charge in [-0.15, -0.1) is 0 Å². The first-order valence-corrected chi connectivity index (χ1v) is 12.1. The molecule has 1 atom stereocenters. The molecule has 188 valence electrons. The summed E-state index contributed by atoms with van der Waals surface area (Å²) in [4.78, 5) is 11.0. The zero-order valence-electron chi connectivity index (χ0n) is 21.3. The van der Waals surface area contributed by atoms with Gasteiger partial charge in [-0.25, -0.2) is 4.79 Å². The van der Waals surface area contributed by atoms with E-state index in [2.05, 4.69) is 13.5 Å². The van der Waals surface area contributed by atoms with Crippen LogP contribution in [0.3, 0.4) is 0 Å². The smallest absolute Gasteiger partial charge is 0.335 e. The lowest BCUT2D eigenvalue weighted by Gasteiger charge is -2.26. The van der Waals surface area contributed by atoms with Crippen molar-refractivity contribution in [3.63, 3.8) is 0 Å². The Morgan fingerprint density at radius 3 is 2.11 bits per heavy atom. The van der Waals surface area contributed by atoms with Crippen molar-refractivity contribution < 1.29 is 24.1 Å². The van der Waals surface area contributed by atoms with Gasteiger partial charge in [-0.2, -0.15) is 0 Å². The van der Waals surface area contributed by atoms with E-state index in [-0.39, 0.29) is 23.6 Å². The van der Waals surface area contributed by atoms with Crippen molar-refractivity contribution in [2.24, 2.45) is 0 Å². The summed E-state index contributed by atoms with van der Waals surface area (Å²) in [7, 11) is 0. The number of benzene rings is 2. The molecule has 0 amide bonds. The van der Waals surface area contributed by atoms with Crippen LogP contribution in [0, 0.1) is 0 Å². The van der Waals surface area contributed by atoms with Crippen LogP contribution in [-0.2, 0) is 19.0 Å². The number of aliphatic hydroxyl groups is 1. The fourth-order valence-corrected chi connectivity index (χ4v) is 3.03. The Kier molecular flexibility index (Phi) is 11.3. The molecule has 0 aliphatic carbocycles. The topological polar surface area (TPSA) is 65.0 Å². The molecule has 1 heterocycles. The van der Waals surface area contributed by atoms with Crippen molar-refractivity contribution in [3.8, 4) is 0 Å². The van der Waals surface area contributed by atoms with E-state index in [1.807, 2.05) is 80.6 Å². The third kappa shape index (κ3) is 10.7. The first-order valence-electron chi connectivity index (χ1n) is 12.1. The van der Waals surface area contributed by atoms with Crippen molar-refractivity contribution in [1.82, 2.24) is 0 Å². The molecule has 3 rings (SSSR count). The number of hydrogen-bond acceptors (Lipinski definition) is 5. The van der Waals surface area contributed by atoms with Crippen LogP contribution >= 0.6 is 0 Å². The summed E-state index contributed by atoms with van der Waals surface area (Å²) < 4.78 is 16.3. The predicted molar refractivity (Wildman–Crippen MR) is 141 cm³/mol. The van der Waals surface area contributed by atoms with E-state index < -0.39 is 0 Å². The van der Waals surface area contributed by atoms with Crippen molar-refractivity contribution in [1.29, 1.82) is 0 Å². The quantitative estimate of drug-likeness (QED) is 0.185. The summed E-state index contributed by atoms with van der Waals surface area (Å²) in [6.07, 6.45) is 7.02. The Morgan fingerprint density at radius 1 is 1.06 bits per heavy atom. The number of rotatable bonds is 8. The molecule has 1 aliphatic heterocycles. The minimum absolute atomic E-state index is 0.126. The lowest BCUT2D eigenvalue weighted by atomic mass is 10.1. The zero-order valence-corrected chi connectivity index (χ0v) is 21.3. The van der Waals surface area contributed by atoms with Crippen LogP contribution in [0.4, 0.5) is 0 Å². The Hall–Kier alpha value is -3.31. The molecule has 2 aromatic rings. The number of aliphatic hydroxyl groups excluding tert-OH is 1. The zero-order chi connectivity index (χ0) is 25.7. The van der Waals surface area contributed by atoms with Gasteiger partial charge in [0.2, 0.25) is 6.29 Å². The van der Waals surface area contributed by atoms with E-state index in [9.17, 15) is 9.90 Å². The number of ether oxygens (including phenoxy) is 3. The normalized spacial score (nSPS) is 16.5. The number of esters is 1. The second-order valence-electron chi connectivity index (χ2n) is 9.06. The van der Waals surface area contributed by atoms with Crippen LogP contribution < -0.4 is 0 Å². The largest absolute Gasteiger partial charge is 0.504 e. The van der Waals surface area contributed by atoms with E-state index in [0.29, 0.717) is 17.9 Å². The van der Waals surface area contributed by atoms with Gasteiger partial charge in [-0.05, 0) is 63.3 Å². The van der Waals surface area contributed by atoms with Crippen molar-refractivity contribution >= 4 is 18.1 Å². The SMILES string of the molecule is C=C(C)C(=O)OC1CCCCO1.CCC(C)(C)OC(=Cc1ccccc1)C(O)=Cc1ccccc1. The van der Waals surface area contributed by atoms with Crippen LogP contribution in [0.5, 0.6) is 0 Å². The van der Waals surface area contributed by atoms with Gasteiger partial charge < -0.3 is 19.3 Å². The molecular weight excluding hydrogens is 440 g/mol. The highest BCUT2D eigenvalue weighted by Gasteiger charge is 2.20. The van der Waals surface area contributed by atoms with E-state index in [1.54, 1.807) is 13.0 Å². The van der Waals surface area contributed by atoms with Crippen molar-refractivity contribution in [2.45, 2.75) is 65.3 Å². The summed E-state index contributed by atoms with van der Waals surface area (Å²) in [6, 6.07) is 19.6. The van der Waals surface area contributed by atoms with Gasteiger partial charge in [0.15, 0.2) is 11.5 Å². The molecule has 0 saturated carbocycles. The van der Waals surface area contributed by atoms with E-state index in [0.717, 1.165) is 36.8 Å². The maximum atomic E-state index is 11.0. The van der Waals surface area contributed by atoms with Gasteiger partial charge in [0.25, 0.3) is 0 Å². The fourth-order valence-electron chi connectivity index (χ4n) is 3.03. The number of carbonyl (C=O) groups excluding carboxylic acids is 1. The van der Waals surface area contributed by atoms with Crippen LogP contribution in [0.25, 0.3) is 12.2 Å². The minimum atomic E-state index is -0.359. The summed E-state index contributed by atoms with van der Waals surface area (Å²) >= 11 is 0. The van der Waals surface area contributed by atoms with Crippen molar-refractivity contribution in [2.75, 3.05) is 6.61 Å². The molecule has 1 unspecified atom stereocenters. The minimum Gasteiger partial charge on any atom is -0.504 e. The van der Waals surface area contributed by atoms with Gasteiger partial charge in [-0.1, -0.05) is 74.2 Å². The monoisotopic (exact) mass is 478 g/mol. The van der Waals surface area contributed by atoms with Gasteiger partial charge in [0, 0.05) is 12.0 Å². The Labute approximate surface area is 209 Å². The number of hydrogen-bond donors (Lipinski definition) is 1. The average Bonchev–Trinajstić information content (AvgIpc) is 2.86. The highest BCUT2D eigenvalue weighted by Crippen LogP contribution is 2.25. The van der Waals surface area contributed by atoms with Gasteiger partial charge in [0.05, 0.1) is 6.61 Å². The molecule has 2 aromatic carbocycles. The third-order valence-electron chi connectivity index (χ3n) is 5.42. The van der Waals surface area contributed by atoms with Crippen LogP contribution in [0.1, 0.15) is 64.5 Å². The molecule has 0 aromatic heterocycles. The van der Waals surface area contributed by atoms with Gasteiger partial charge in [0.1, 0.15) is 5.60 Å². The average molecular weight is 479 g/mol. The molecule has 5 heteroatoms. The molecule has 1 aliphatic rings. The highest BCUT2D eigenvalue weighted by atomic mass is 16.7. The van der Waals surface area contributed by atoms with Crippen molar-refractivity contribution in [3.05, 3.63) is 95.5 Å². The van der Waals surface area contributed by atoms with Gasteiger partial charge in [-0.3, -0.25) is 0 Å². The maximum Gasteiger partial charge on any atom is 0.335 e. The summed E-state index contributed by atoms with van der Waals surface area (Å²) in [5.41, 5.74) is 1.99. The molecule has 5 nitrogen and oxygen atoms in total. The maximum absolute atomic E-state index is 11.0. The van der Waals surface area contributed by atoms with Crippen LogP contribution in [0.2, 0.25) is 0 Å². The van der Waals surface area contributed by atoms with Crippen LogP contribution in [-0.4, -0.2) is 29.6 Å². The molecule has 1 N–H and O–H groups in total. The molecule has 0 radical (unpaired) electrons. The molecular formula is C30H38O5. The summed E-state index contributed by atoms with van der Waals surface area (Å²) in [5, 5.41) is 10.6. The Balaban J connectivity index is 0.000000303. The standard InChI is InChI=1S/C21H24O2.C9H14O3/c1-4-21(2,3)23-20(16-18-13-9-6-10-14-18)19(22)15-17-11-7-5-8-12-17;1-7(2)9(10)12-8-5-3-4-6-11-8/h5-16,22H,4H2,1-3H3;8H,1,3-6H2,2H3. The first kappa shape index (κ1) is 27.9. The van der Waals surface area contributed by atoms with E-state index in [4.69, 9.17) is 14.2 Å². The molecule has 1 fully saturated rings. The lowest BCUT2D eigenvalue weighted by Crippen LogP contribution is -2.25. The van der Waals surface area contributed by atoms with Crippen LogP contribution in [0.15, 0.2) is 84.3 Å². The van der Waals surface area contributed by atoms with E-state index >= 15 is 0 Å². The lowest BCUT2D eigenvalue weighted by molar-refractivity contribution is -0.182. The van der Waals surface area contributed by atoms with Gasteiger partial charge >= 0.3 is 5.97 Å².